The van der Waals surface area contributed by atoms with Crippen molar-refractivity contribution in [2.75, 3.05) is 0 Å². The number of benzene rings is 1. The zero-order valence-corrected chi connectivity index (χ0v) is 6.19. The standard InChI is InChI=1S/C9H6O2.O/c10-8-5-6-11-9-4-2-1-3-7(8)9;/h1-6H;. The summed E-state index contributed by atoms with van der Waals surface area (Å²) in [6.07, 6.45) is 1.41. The fourth-order valence-electron chi connectivity index (χ4n) is 1.03. The Kier molecular flexibility index (Phi) is 2.26. The van der Waals surface area contributed by atoms with Crippen LogP contribution in [0.3, 0.4) is 0 Å². The van der Waals surface area contributed by atoms with E-state index in [1.165, 1.54) is 12.3 Å². The molecule has 0 saturated heterocycles. The maximum Gasteiger partial charge on any atom is 0.192 e. The molecule has 0 bridgehead atoms. The highest BCUT2D eigenvalue weighted by Gasteiger charge is 1.95. The molecule has 2 rings (SSSR count). The molecule has 0 aliphatic carbocycles. The van der Waals surface area contributed by atoms with Crippen LogP contribution in [0, 0.1) is 0 Å². The number of hydrogen-bond acceptors (Lipinski definition) is 2. The van der Waals surface area contributed by atoms with Crippen molar-refractivity contribution in [3.8, 4) is 0 Å². The maximum absolute atomic E-state index is 11.1. The topological polar surface area (TPSA) is 58.7 Å². The highest BCUT2D eigenvalue weighted by Crippen LogP contribution is 2.06. The second-order valence-electron chi connectivity index (χ2n) is 2.28. The minimum Gasteiger partial charge on any atom is -0.464 e. The molecule has 3 heteroatoms. The van der Waals surface area contributed by atoms with E-state index in [4.69, 9.17) is 4.42 Å². The molecule has 2 aromatic rings. The van der Waals surface area contributed by atoms with E-state index in [-0.39, 0.29) is 10.9 Å². The third kappa shape index (κ3) is 1.22. The second-order valence-corrected chi connectivity index (χ2v) is 2.28. The molecule has 0 aliphatic rings. The molecular weight excluding hydrogens is 156 g/mol. The van der Waals surface area contributed by atoms with Crippen molar-refractivity contribution in [1.29, 1.82) is 0 Å². The van der Waals surface area contributed by atoms with Gasteiger partial charge in [-0.1, -0.05) is 12.1 Å². The molecule has 0 unspecified atom stereocenters. The first-order valence-electron chi connectivity index (χ1n) is 3.34. The molecule has 3 nitrogen and oxygen atoms in total. The van der Waals surface area contributed by atoms with Crippen molar-refractivity contribution >= 4 is 11.0 Å². The molecule has 0 spiro atoms. The van der Waals surface area contributed by atoms with E-state index in [0.717, 1.165) is 0 Å². The van der Waals surface area contributed by atoms with E-state index < -0.39 is 0 Å². The van der Waals surface area contributed by atoms with Gasteiger partial charge in [0.05, 0.1) is 11.6 Å². The fraction of sp³-hybridized carbons (Fsp3) is 0. The summed E-state index contributed by atoms with van der Waals surface area (Å²) >= 11 is 0. The summed E-state index contributed by atoms with van der Waals surface area (Å²) in [7, 11) is 0. The molecule has 1 heterocycles. The zero-order valence-electron chi connectivity index (χ0n) is 6.19. The van der Waals surface area contributed by atoms with E-state index in [1.54, 1.807) is 12.1 Å². The average molecular weight is 162 g/mol. The highest BCUT2D eigenvalue weighted by molar-refractivity contribution is 5.75. The van der Waals surface area contributed by atoms with E-state index >= 15 is 0 Å². The third-order valence-electron chi connectivity index (χ3n) is 1.57. The van der Waals surface area contributed by atoms with Crippen molar-refractivity contribution in [2.24, 2.45) is 0 Å². The Bertz CT molecular complexity index is 425. The number of rotatable bonds is 0. The Hall–Kier alpha value is -1.61. The molecular formula is C9H6O3. The third-order valence-corrected chi connectivity index (χ3v) is 1.57. The Morgan fingerprint density at radius 3 is 2.58 bits per heavy atom. The summed E-state index contributed by atoms with van der Waals surface area (Å²) in [5.41, 5.74) is 0.645. The van der Waals surface area contributed by atoms with Crippen molar-refractivity contribution in [1.82, 2.24) is 0 Å². The lowest BCUT2D eigenvalue weighted by atomic mass is 10.2. The Morgan fingerprint density at radius 2 is 1.83 bits per heavy atom. The van der Waals surface area contributed by atoms with Crippen LogP contribution in [0.1, 0.15) is 0 Å². The summed E-state index contributed by atoms with van der Waals surface area (Å²) in [6, 6.07) is 8.60. The van der Waals surface area contributed by atoms with Crippen LogP contribution < -0.4 is 5.43 Å². The molecule has 0 amide bonds. The lowest BCUT2D eigenvalue weighted by molar-refractivity contribution is 0.602. The van der Waals surface area contributed by atoms with Crippen LogP contribution in [0.15, 0.2) is 45.8 Å². The monoisotopic (exact) mass is 162 g/mol. The van der Waals surface area contributed by atoms with Gasteiger partial charge in [0.15, 0.2) is 5.43 Å². The van der Waals surface area contributed by atoms with Gasteiger partial charge in [-0.25, -0.2) is 0 Å². The molecule has 0 saturated carbocycles. The Morgan fingerprint density at radius 1 is 1.08 bits per heavy atom. The number of fused-ring (bicyclic) bond motifs is 1. The van der Waals surface area contributed by atoms with Gasteiger partial charge >= 0.3 is 0 Å². The quantitative estimate of drug-likeness (QED) is 0.591. The Labute approximate surface area is 68.6 Å². The molecule has 0 atom stereocenters. The van der Waals surface area contributed by atoms with E-state index in [1.807, 2.05) is 12.1 Å². The molecule has 0 fully saturated rings. The zero-order chi connectivity index (χ0) is 7.68. The first kappa shape index (κ1) is 8.49. The van der Waals surface area contributed by atoms with Crippen LogP contribution in [0.4, 0.5) is 0 Å². The largest absolute Gasteiger partial charge is 0.464 e. The van der Waals surface area contributed by atoms with Crippen molar-refractivity contribution in [3.05, 3.63) is 46.8 Å². The molecule has 2 radical (unpaired) electrons. The van der Waals surface area contributed by atoms with Crippen molar-refractivity contribution < 1.29 is 9.89 Å². The van der Waals surface area contributed by atoms with E-state index in [0.29, 0.717) is 11.0 Å². The fourth-order valence-corrected chi connectivity index (χ4v) is 1.03. The van der Waals surface area contributed by atoms with E-state index in [9.17, 15) is 4.79 Å². The Balaban J connectivity index is 0.000000720. The van der Waals surface area contributed by atoms with Crippen LogP contribution in [-0.2, 0) is 5.48 Å². The van der Waals surface area contributed by atoms with Gasteiger partial charge in [-0.15, -0.1) is 0 Å². The van der Waals surface area contributed by atoms with Gasteiger partial charge in [-0.2, -0.15) is 0 Å². The van der Waals surface area contributed by atoms with Gasteiger partial charge in [-0.05, 0) is 12.1 Å². The first-order valence-corrected chi connectivity index (χ1v) is 3.34. The smallest absolute Gasteiger partial charge is 0.192 e. The SMILES string of the molecule is O=c1ccoc2ccccc12.[O]. The number of para-hydroxylation sites is 1. The summed E-state index contributed by atoms with van der Waals surface area (Å²) < 4.78 is 5.09. The minimum absolute atomic E-state index is 0. The minimum atomic E-state index is 0. The van der Waals surface area contributed by atoms with Gasteiger partial charge in [0.1, 0.15) is 5.58 Å². The first-order chi connectivity index (χ1) is 5.38. The molecule has 0 aliphatic heterocycles. The van der Waals surface area contributed by atoms with Gasteiger partial charge < -0.3 is 4.42 Å². The van der Waals surface area contributed by atoms with Gasteiger partial charge in [0, 0.05) is 11.5 Å². The summed E-state index contributed by atoms with van der Waals surface area (Å²) in [6.45, 7) is 0. The van der Waals surface area contributed by atoms with Gasteiger partial charge in [0.2, 0.25) is 0 Å². The predicted molar refractivity (Wildman–Crippen MR) is 43.2 cm³/mol. The molecule has 12 heavy (non-hydrogen) atoms. The summed E-state index contributed by atoms with van der Waals surface area (Å²) in [5, 5.41) is 0.634. The normalized spacial score (nSPS) is 9.33. The number of hydrogen-bond donors (Lipinski definition) is 0. The predicted octanol–water partition coefficient (Wildman–Crippen LogP) is 1.67. The average Bonchev–Trinajstić information content (AvgIpc) is 2.06. The van der Waals surface area contributed by atoms with Crippen LogP contribution in [-0.4, -0.2) is 0 Å². The van der Waals surface area contributed by atoms with Gasteiger partial charge in [-0.3, -0.25) is 4.79 Å². The lowest BCUT2D eigenvalue weighted by Crippen LogP contribution is -1.96. The molecule has 60 valence electrons. The van der Waals surface area contributed by atoms with Crippen LogP contribution >= 0.6 is 0 Å². The molecule has 1 aromatic carbocycles. The maximum atomic E-state index is 11.1. The molecule has 1 aromatic heterocycles. The van der Waals surface area contributed by atoms with E-state index in [2.05, 4.69) is 0 Å². The van der Waals surface area contributed by atoms with Crippen LogP contribution in [0.2, 0.25) is 0 Å². The van der Waals surface area contributed by atoms with Gasteiger partial charge in [0.25, 0.3) is 0 Å². The molecule has 0 N–H and O–H groups in total. The van der Waals surface area contributed by atoms with Crippen LogP contribution in [0.5, 0.6) is 0 Å². The van der Waals surface area contributed by atoms with Crippen molar-refractivity contribution in [2.45, 2.75) is 0 Å². The summed E-state index contributed by atoms with van der Waals surface area (Å²) in [4.78, 5) is 11.1. The summed E-state index contributed by atoms with van der Waals surface area (Å²) in [5.74, 6) is 0. The van der Waals surface area contributed by atoms with Crippen molar-refractivity contribution in [3.63, 3.8) is 0 Å². The lowest BCUT2D eigenvalue weighted by Gasteiger charge is -1.91. The van der Waals surface area contributed by atoms with Crippen LogP contribution in [0.25, 0.3) is 11.0 Å². The second kappa shape index (κ2) is 3.19. The highest BCUT2D eigenvalue weighted by atomic mass is 16.3.